The molecule has 1 aromatic carbocycles. The summed E-state index contributed by atoms with van der Waals surface area (Å²) < 4.78 is 12.1. The molecule has 0 radical (unpaired) electrons. The molecule has 0 aromatic heterocycles. The second kappa shape index (κ2) is 7.09. The summed E-state index contributed by atoms with van der Waals surface area (Å²) in [5.41, 5.74) is 1.14. The van der Waals surface area contributed by atoms with Crippen LogP contribution >= 0.6 is 22.6 Å². The van der Waals surface area contributed by atoms with E-state index in [9.17, 15) is 4.79 Å². The van der Waals surface area contributed by atoms with Crippen molar-refractivity contribution in [3.8, 4) is 0 Å². The molecule has 0 N–H and O–H groups in total. The minimum atomic E-state index is -0.0409. The van der Waals surface area contributed by atoms with Crippen LogP contribution in [0, 0.1) is 17.3 Å². The van der Waals surface area contributed by atoms with Gasteiger partial charge in [0.15, 0.2) is 0 Å². The maximum absolute atomic E-state index is 12.5. The van der Waals surface area contributed by atoms with Gasteiger partial charge in [-0.1, -0.05) is 73.2 Å². The predicted octanol–water partition coefficient (Wildman–Crippen LogP) is 4.37. The summed E-state index contributed by atoms with van der Waals surface area (Å²) in [5, 5.41) is 0. The van der Waals surface area contributed by atoms with Gasteiger partial charge in [-0.2, -0.15) is 0 Å². The van der Waals surface area contributed by atoms with E-state index >= 15 is 0 Å². The molecule has 1 saturated heterocycles. The number of halogens is 1. The zero-order valence-electron chi connectivity index (χ0n) is 13.8. The van der Waals surface area contributed by atoms with Crippen molar-refractivity contribution in [2.45, 2.75) is 49.7 Å². The molecule has 126 valence electrons. The Morgan fingerprint density at radius 3 is 2.87 bits per heavy atom. The Labute approximate surface area is 152 Å². The molecule has 0 unspecified atom stereocenters. The molecule has 0 spiro atoms. The van der Waals surface area contributed by atoms with Crippen molar-refractivity contribution in [3.63, 3.8) is 0 Å². The van der Waals surface area contributed by atoms with Crippen molar-refractivity contribution in [1.29, 1.82) is 0 Å². The van der Waals surface area contributed by atoms with Gasteiger partial charge in [-0.3, -0.25) is 4.79 Å². The molecule has 23 heavy (non-hydrogen) atoms. The molecule has 2 aliphatic rings. The Balaban J connectivity index is 1.62. The first-order chi connectivity index (χ1) is 11.0. The van der Waals surface area contributed by atoms with Gasteiger partial charge in [-0.05, 0) is 24.3 Å². The van der Waals surface area contributed by atoms with Crippen LogP contribution in [0.25, 0.3) is 0 Å². The van der Waals surface area contributed by atoms with Crippen LogP contribution in [-0.4, -0.2) is 22.6 Å². The zero-order valence-corrected chi connectivity index (χ0v) is 16.0. The maximum Gasteiger partial charge on any atom is 0.310 e. The number of carbonyl (C=O) groups excluding carboxylic acids is 1. The van der Waals surface area contributed by atoms with Gasteiger partial charge < -0.3 is 9.47 Å². The van der Waals surface area contributed by atoms with Crippen LogP contribution in [-0.2, 0) is 20.9 Å². The fourth-order valence-electron chi connectivity index (χ4n) is 4.31. The van der Waals surface area contributed by atoms with Crippen LogP contribution in [0.4, 0.5) is 0 Å². The van der Waals surface area contributed by atoms with Crippen LogP contribution in [0.2, 0.25) is 0 Å². The van der Waals surface area contributed by atoms with E-state index < -0.39 is 0 Å². The van der Waals surface area contributed by atoms with Gasteiger partial charge in [0.25, 0.3) is 0 Å². The molecule has 1 aliphatic carbocycles. The van der Waals surface area contributed by atoms with E-state index in [0.29, 0.717) is 17.1 Å². The Morgan fingerprint density at radius 2 is 2.13 bits per heavy atom. The summed E-state index contributed by atoms with van der Waals surface area (Å²) in [6.07, 6.45) is 3.49. The molecule has 5 atom stereocenters. The lowest BCUT2D eigenvalue weighted by molar-refractivity contribution is -0.145. The lowest BCUT2D eigenvalue weighted by Crippen LogP contribution is -2.44. The third-order valence-electron chi connectivity index (χ3n) is 5.44. The van der Waals surface area contributed by atoms with Crippen molar-refractivity contribution in [3.05, 3.63) is 35.9 Å². The number of hydrogen-bond donors (Lipinski definition) is 0. The average molecular weight is 428 g/mol. The summed E-state index contributed by atoms with van der Waals surface area (Å²) in [4.78, 5) is 12.5. The molecule has 3 nitrogen and oxygen atoms in total. The fraction of sp³-hybridized carbons (Fsp3) is 0.632. The number of rotatable bonds is 5. The van der Waals surface area contributed by atoms with Crippen LogP contribution < -0.4 is 0 Å². The van der Waals surface area contributed by atoms with E-state index in [1.807, 2.05) is 18.2 Å². The summed E-state index contributed by atoms with van der Waals surface area (Å²) in [6.45, 7) is 5.57. The van der Waals surface area contributed by atoms with Crippen molar-refractivity contribution in [2.24, 2.45) is 17.3 Å². The minimum absolute atomic E-state index is 0.0168. The van der Waals surface area contributed by atoms with Gasteiger partial charge in [0.1, 0.15) is 6.10 Å². The summed E-state index contributed by atoms with van der Waals surface area (Å²) in [7, 11) is 0. The monoisotopic (exact) mass is 428 g/mol. The standard InChI is InChI=1S/C19H25IO3/c1-13(11-22-12-14-7-4-3-5-8-14)16-18(21)23-17-15(20)9-6-10-19(16,17)2/h3-5,7-8,13,15-17H,6,9-12H2,1-2H3/t13-,15-,16-,17+,19+/m0/s1. The second-order valence-corrected chi connectivity index (χ2v) is 8.83. The highest BCUT2D eigenvalue weighted by molar-refractivity contribution is 14.1. The van der Waals surface area contributed by atoms with E-state index in [0.717, 1.165) is 12.8 Å². The first-order valence-corrected chi connectivity index (χ1v) is 9.73. The van der Waals surface area contributed by atoms with Gasteiger partial charge in [0.2, 0.25) is 0 Å². The number of carbonyl (C=O) groups is 1. The van der Waals surface area contributed by atoms with Crippen LogP contribution in [0.5, 0.6) is 0 Å². The highest BCUT2D eigenvalue weighted by Gasteiger charge is 2.58. The molecule has 1 aliphatic heterocycles. The van der Waals surface area contributed by atoms with E-state index in [1.165, 1.54) is 12.0 Å². The molecule has 1 saturated carbocycles. The third-order valence-corrected chi connectivity index (χ3v) is 6.72. The smallest absolute Gasteiger partial charge is 0.310 e. The molecular formula is C19H25IO3. The summed E-state index contributed by atoms with van der Waals surface area (Å²) >= 11 is 2.46. The predicted molar refractivity (Wildman–Crippen MR) is 98.4 cm³/mol. The first kappa shape index (κ1) is 17.2. The number of alkyl halides is 1. The summed E-state index contributed by atoms with van der Waals surface area (Å²) in [6, 6.07) is 10.2. The van der Waals surface area contributed by atoms with Gasteiger partial charge in [0.05, 0.1) is 19.1 Å². The van der Waals surface area contributed by atoms with E-state index in [-0.39, 0.29) is 29.3 Å². The topological polar surface area (TPSA) is 35.5 Å². The largest absolute Gasteiger partial charge is 0.460 e. The van der Waals surface area contributed by atoms with Crippen molar-refractivity contribution in [2.75, 3.05) is 6.61 Å². The normalized spacial score (nSPS) is 34.7. The van der Waals surface area contributed by atoms with Crippen LogP contribution in [0.1, 0.15) is 38.7 Å². The highest BCUT2D eigenvalue weighted by atomic mass is 127. The fourth-order valence-corrected chi connectivity index (χ4v) is 5.72. The number of esters is 1. The quantitative estimate of drug-likeness (QED) is 0.397. The van der Waals surface area contributed by atoms with E-state index in [4.69, 9.17) is 9.47 Å². The second-order valence-electron chi connectivity index (χ2n) is 7.23. The maximum atomic E-state index is 12.5. The number of fused-ring (bicyclic) bond motifs is 1. The molecular weight excluding hydrogens is 403 g/mol. The SMILES string of the molecule is C[C@@H](COCc1ccccc1)[C@H]1C(=O)O[C@@H]2[C@@H](I)CCC[C@@]21C. The average Bonchev–Trinajstić information content (AvgIpc) is 2.80. The molecule has 2 fully saturated rings. The highest BCUT2D eigenvalue weighted by Crippen LogP contribution is 2.53. The van der Waals surface area contributed by atoms with E-state index in [1.54, 1.807) is 0 Å². The minimum Gasteiger partial charge on any atom is -0.460 e. The van der Waals surface area contributed by atoms with Crippen LogP contribution in [0.15, 0.2) is 30.3 Å². The molecule has 3 rings (SSSR count). The number of ether oxygens (including phenoxy) is 2. The van der Waals surface area contributed by atoms with Gasteiger partial charge in [-0.25, -0.2) is 0 Å². The zero-order chi connectivity index (χ0) is 16.4. The first-order valence-electron chi connectivity index (χ1n) is 8.48. The Hall–Kier alpha value is -0.620. The summed E-state index contributed by atoms with van der Waals surface area (Å²) in [5.74, 6) is 0.126. The number of hydrogen-bond acceptors (Lipinski definition) is 3. The van der Waals surface area contributed by atoms with Crippen molar-refractivity contribution < 1.29 is 14.3 Å². The van der Waals surface area contributed by atoms with E-state index in [2.05, 4.69) is 48.6 Å². The molecule has 4 heteroatoms. The van der Waals surface area contributed by atoms with Gasteiger partial charge in [-0.15, -0.1) is 0 Å². The molecule has 1 heterocycles. The van der Waals surface area contributed by atoms with Crippen LogP contribution in [0.3, 0.4) is 0 Å². The Kier molecular flexibility index (Phi) is 5.31. The lowest BCUT2D eigenvalue weighted by Gasteiger charge is -2.41. The van der Waals surface area contributed by atoms with Crippen molar-refractivity contribution >= 4 is 28.6 Å². The Bertz CT molecular complexity index is 547. The molecule has 1 aromatic rings. The number of benzene rings is 1. The molecule has 0 amide bonds. The third kappa shape index (κ3) is 3.43. The van der Waals surface area contributed by atoms with Gasteiger partial charge >= 0.3 is 5.97 Å². The molecule has 0 bridgehead atoms. The van der Waals surface area contributed by atoms with Crippen molar-refractivity contribution in [1.82, 2.24) is 0 Å². The van der Waals surface area contributed by atoms with Gasteiger partial charge in [0, 0.05) is 9.34 Å². The Morgan fingerprint density at radius 1 is 1.39 bits per heavy atom. The lowest BCUT2D eigenvalue weighted by atomic mass is 9.64.